The van der Waals surface area contributed by atoms with Gasteiger partial charge in [-0.15, -0.1) is 0 Å². The van der Waals surface area contributed by atoms with Gasteiger partial charge in [-0.05, 0) is 56.2 Å². The largest absolute Gasteiger partial charge is 0.495 e. The fourth-order valence-corrected chi connectivity index (χ4v) is 4.99. The number of anilines is 1. The second-order valence-electron chi connectivity index (χ2n) is 8.06. The maximum atomic E-state index is 13.0. The molecule has 1 N–H and O–H groups in total. The van der Waals surface area contributed by atoms with Gasteiger partial charge in [0.25, 0.3) is 15.9 Å². The van der Waals surface area contributed by atoms with E-state index in [2.05, 4.69) is 5.32 Å². The number of para-hydroxylation sites is 2. The molecule has 0 bridgehead atoms. The van der Waals surface area contributed by atoms with Crippen molar-refractivity contribution in [3.63, 3.8) is 0 Å². The third-order valence-corrected chi connectivity index (χ3v) is 7.56. The number of methoxy groups -OCH3 is 1. The van der Waals surface area contributed by atoms with Gasteiger partial charge in [-0.25, -0.2) is 13.2 Å². The maximum absolute atomic E-state index is 13.0. The monoisotopic (exact) mass is 474 g/mol. The van der Waals surface area contributed by atoms with Gasteiger partial charge in [-0.1, -0.05) is 31.4 Å². The van der Waals surface area contributed by atoms with Crippen molar-refractivity contribution < 1.29 is 27.5 Å². The van der Waals surface area contributed by atoms with Crippen LogP contribution in [-0.2, 0) is 19.6 Å². The van der Waals surface area contributed by atoms with Gasteiger partial charge in [0.05, 0.1) is 23.3 Å². The first-order chi connectivity index (χ1) is 15.7. The van der Waals surface area contributed by atoms with E-state index in [0.717, 1.165) is 30.0 Å². The zero-order chi connectivity index (χ0) is 24.0. The van der Waals surface area contributed by atoms with Gasteiger partial charge in [0.2, 0.25) is 0 Å². The van der Waals surface area contributed by atoms with E-state index in [1.165, 1.54) is 51.8 Å². The van der Waals surface area contributed by atoms with E-state index in [0.29, 0.717) is 11.4 Å². The van der Waals surface area contributed by atoms with Crippen molar-refractivity contribution in [1.29, 1.82) is 0 Å². The number of ether oxygens (including phenoxy) is 2. The van der Waals surface area contributed by atoms with Crippen molar-refractivity contribution in [2.75, 3.05) is 18.5 Å². The van der Waals surface area contributed by atoms with Crippen molar-refractivity contribution in [3.05, 3.63) is 54.1 Å². The van der Waals surface area contributed by atoms with Crippen molar-refractivity contribution in [1.82, 2.24) is 5.32 Å². The fourth-order valence-electron chi connectivity index (χ4n) is 3.79. The summed E-state index contributed by atoms with van der Waals surface area (Å²) in [6.45, 7) is 1.52. The molecule has 9 heteroatoms. The maximum Gasteiger partial charge on any atom is 0.338 e. The number of nitrogens with zero attached hydrogens (tertiary/aromatic N) is 1. The number of carbonyl (C=O) groups excluding carboxylic acids is 2. The molecule has 0 unspecified atom stereocenters. The minimum atomic E-state index is -3.88. The molecule has 33 heavy (non-hydrogen) atoms. The normalized spacial score (nSPS) is 15.4. The lowest BCUT2D eigenvalue weighted by Crippen LogP contribution is -2.42. The molecule has 8 nitrogen and oxygen atoms in total. The molecule has 2 aromatic rings. The number of carbonyl (C=O) groups is 2. The molecular weight excluding hydrogens is 444 g/mol. The van der Waals surface area contributed by atoms with Crippen LogP contribution in [0.4, 0.5) is 5.69 Å². The lowest BCUT2D eigenvalue weighted by atomic mass is 9.95. The lowest BCUT2D eigenvalue weighted by molar-refractivity contribution is -0.130. The first-order valence-corrected chi connectivity index (χ1v) is 12.4. The summed E-state index contributed by atoms with van der Waals surface area (Å²) in [7, 11) is -0.982. The van der Waals surface area contributed by atoms with Gasteiger partial charge in [0.1, 0.15) is 5.75 Å². The molecule has 0 radical (unpaired) electrons. The molecule has 178 valence electrons. The summed E-state index contributed by atoms with van der Waals surface area (Å²) in [5.41, 5.74) is 0.549. The fraction of sp³-hybridized carbons (Fsp3) is 0.417. The van der Waals surface area contributed by atoms with Crippen LogP contribution >= 0.6 is 0 Å². The average Bonchev–Trinajstić information content (AvgIpc) is 2.84. The predicted octanol–water partition coefficient (Wildman–Crippen LogP) is 3.51. The molecule has 0 aliphatic heterocycles. The molecule has 1 saturated carbocycles. The molecule has 1 aliphatic carbocycles. The number of hydrogen-bond donors (Lipinski definition) is 1. The Morgan fingerprint density at radius 1 is 1.03 bits per heavy atom. The van der Waals surface area contributed by atoms with Gasteiger partial charge >= 0.3 is 5.97 Å². The van der Waals surface area contributed by atoms with Crippen molar-refractivity contribution in [2.24, 2.45) is 0 Å². The third-order valence-electron chi connectivity index (χ3n) is 5.78. The van der Waals surface area contributed by atoms with E-state index >= 15 is 0 Å². The van der Waals surface area contributed by atoms with Crippen LogP contribution in [0, 0.1) is 0 Å². The third kappa shape index (κ3) is 5.84. The summed E-state index contributed by atoms with van der Waals surface area (Å²) in [6, 6.07) is 12.3. The number of esters is 1. The predicted molar refractivity (Wildman–Crippen MR) is 125 cm³/mol. The van der Waals surface area contributed by atoms with Gasteiger partial charge in [0, 0.05) is 13.1 Å². The highest BCUT2D eigenvalue weighted by molar-refractivity contribution is 7.92. The molecule has 1 amide bonds. The first-order valence-electron chi connectivity index (χ1n) is 11.0. The van der Waals surface area contributed by atoms with E-state index < -0.39 is 22.1 Å². The molecule has 0 spiro atoms. The zero-order valence-corrected chi connectivity index (χ0v) is 19.9. The van der Waals surface area contributed by atoms with Crippen LogP contribution in [0.5, 0.6) is 5.75 Å². The van der Waals surface area contributed by atoms with E-state index in [1.807, 2.05) is 0 Å². The molecule has 0 heterocycles. The summed E-state index contributed by atoms with van der Waals surface area (Å²) in [4.78, 5) is 24.8. The van der Waals surface area contributed by atoms with Crippen LogP contribution in [0.25, 0.3) is 0 Å². The number of amides is 1. The minimum Gasteiger partial charge on any atom is -0.495 e. The van der Waals surface area contributed by atoms with Gasteiger partial charge < -0.3 is 14.8 Å². The quantitative estimate of drug-likeness (QED) is 0.588. The van der Waals surface area contributed by atoms with E-state index in [-0.39, 0.29) is 22.4 Å². The van der Waals surface area contributed by atoms with Crippen LogP contribution in [0.1, 0.15) is 49.4 Å². The Bertz CT molecular complexity index is 1080. The van der Waals surface area contributed by atoms with Gasteiger partial charge in [0.15, 0.2) is 6.10 Å². The Morgan fingerprint density at radius 2 is 1.67 bits per heavy atom. The Kier molecular flexibility index (Phi) is 7.97. The van der Waals surface area contributed by atoms with Crippen LogP contribution in [0.15, 0.2) is 53.4 Å². The van der Waals surface area contributed by atoms with Crippen LogP contribution in [-0.4, -0.2) is 46.6 Å². The second kappa shape index (κ2) is 10.7. The molecule has 0 aromatic heterocycles. The SMILES string of the molecule is COc1ccccc1N(C)S(=O)(=O)c1ccc(C(=O)O[C@@H](C)C(=O)NC2CCCCC2)cc1. The zero-order valence-electron chi connectivity index (χ0n) is 19.1. The van der Waals surface area contributed by atoms with E-state index in [1.54, 1.807) is 24.3 Å². The summed E-state index contributed by atoms with van der Waals surface area (Å²) in [5, 5.41) is 2.93. The van der Waals surface area contributed by atoms with E-state index in [4.69, 9.17) is 9.47 Å². The van der Waals surface area contributed by atoms with Gasteiger partial charge in [-0.3, -0.25) is 9.10 Å². The highest BCUT2D eigenvalue weighted by atomic mass is 32.2. The number of rotatable bonds is 8. The molecule has 2 aromatic carbocycles. The Morgan fingerprint density at radius 3 is 2.30 bits per heavy atom. The first kappa shape index (κ1) is 24.6. The number of nitrogens with one attached hydrogen (secondary N) is 1. The summed E-state index contributed by atoms with van der Waals surface area (Å²) < 4.78 is 37.7. The van der Waals surface area contributed by atoms with Crippen LogP contribution in [0.2, 0.25) is 0 Å². The van der Waals surface area contributed by atoms with Crippen LogP contribution < -0.4 is 14.4 Å². The molecule has 1 atom stereocenters. The van der Waals surface area contributed by atoms with Crippen molar-refractivity contribution >= 4 is 27.6 Å². The van der Waals surface area contributed by atoms with Crippen LogP contribution in [0.3, 0.4) is 0 Å². The Labute approximate surface area is 194 Å². The number of benzene rings is 2. The highest BCUT2D eigenvalue weighted by Gasteiger charge is 2.25. The Hall–Kier alpha value is -3.07. The molecule has 3 rings (SSSR count). The number of hydrogen-bond acceptors (Lipinski definition) is 6. The van der Waals surface area contributed by atoms with Crippen molar-refractivity contribution in [3.8, 4) is 5.75 Å². The van der Waals surface area contributed by atoms with Crippen molar-refractivity contribution in [2.45, 2.75) is 56.1 Å². The lowest BCUT2D eigenvalue weighted by Gasteiger charge is -2.24. The second-order valence-corrected chi connectivity index (χ2v) is 10.0. The highest BCUT2D eigenvalue weighted by Crippen LogP contribution is 2.31. The standard InChI is InChI=1S/C24H30N2O6S/c1-17(23(27)25-19-9-5-4-6-10-19)32-24(28)18-13-15-20(16-14-18)33(29,30)26(2)21-11-7-8-12-22(21)31-3/h7-8,11-17,19H,4-6,9-10H2,1-3H3,(H,25,27)/t17-/m0/s1. The smallest absolute Gasteiger partial charge is 0.338 e. The topological polar surface area (TPSA) is 102 Å². The molecule has 1 aliphatic rings. The molecule has 0 saturated heterocycles. The van der Waals surface area contributed by atoms with E-state index in [9.17, 15) is 18.0 Å². The average molecular weight is 475 g/mol. The number of sulfonamides is 1. The summed E-state index contributed by atoms with van der Waals surface area (Å²) >= 11 is 0. The summed E-state index contributed by atoms with van der Waals surface area (Å²) in [6.07, 6.45) is 4.27. The molecule has 1 fully saturated rings. The molecular formula is C24H30N2O6S. The minimum absolute atomic E-state index is 0.00976. The Balaban J connectivity index is 1.66. The van der Waals surface area contributed by atoms with Gasteiger partial charge in [-0.2, -0.15) is 0 Å². The summed E-state index contributed by atoms with van der Waals surface area (Å²) in [5.74, 6) is -0.597.